The van der Waals surface area contributed by atoms with Crippen molar-refractivity contribution in [2.45, 2.75) is 43.1 Å². The van der Waals surface area contributed by atoms with Crippen LogP contribution in [0.1, 0.15) is 43.0 Å². The molecule has 1 heterocycles. The molecule has 2 fully saturated rings. The van der Waals surface area contributed by atoms with Crippen molar-refractivity contribution in [1.29, 1.82) is 0 Å². The summed E-state index contributed by atoms with van der Waals surface area (Å²) in [5.74, 6) is 1.95. The zero-order valence-corrected chi connectivity index (χ0v) is 15.8. The molecule has 2 aromatic carbocycles. The number of hydrogen-bond acceptors (Lipinski definition) is 4. The monoisotopic (exact) mass is 379 g/mol. The highest BCUT2D eigenvalue weighted by molar-refractivity contribution is 6.33. The van der Waals surface area contributed by atoms with E-state index in [0.29, 0.717) is 22.9 Å². The number of aromatic nitrogens is 2. The molecule has 1 aromatic heterocycles. The second-order valence-corrected chi connectivity index (χ2v) is 8.18. The average molecular weight is 380 g/mol. The molecule has 2 atom stereocenters. The van der Waals surface area contributed by atoms with Crippen LogP contribution in [0.3, 0.4) is 0 Å². The summed E-state index contributed by atoms with van der Waals surface area (Å²) in [5, 5.41) is 8.71. The van der Waals surface area contributed by atoms with Crippen molar-refractivity contribution >= 4 is 11.6 Å². The lowest BCUT2D eigenvalue weighted by Gasteiger charge is -2.39. The third kappa shape index (κ3) is 3.17. The summed E-state index contributed by atoms with van der Waals surface area (Å²) in [6.07, 6.45) is 4.62. The van der Waals surface area contributed by atoms with Gasteiger partial charge in [-0.1, -0.05) is 65.6 Å². The Bertz CT molecular complexity index is 935. The van der Waals surface area contributed by atoms with Crippen molar-refractivity contribution in [3.63, 3.8) is 0 Å². The van der Waals surface area contributed by atoms with Crippen LogP contribution in [-0.2, 0) is 5.41 Å². The number of nitrogens with one attached hydrogen (secondary N) is 1. The lowest BCUT2D eigenvalue weighted by Crippen LogP contribution is -2.45. The topological polar surface area (TPSA) is 51.0 Å². The first-order chi connectivity index (χ1) is 13.3. The van der Waals surface area contributed by atoms with Crippen LogP contribution in [0, 0.1) is 0 Å². The summed E-state index contributed by atoms with van der Waals surface area (Å²) in [7, 11) is 0. The van der Waals surface area contributed by atoms with Crippen molar-refractivity contribution < 1.29 is 4.52 Å². The quantitative estimate of drug-likeness (QED) is 0.657. The predicted molar refractivity (Wildman–Crippen MR) is 106 cm³/mol. The number of nitrogens with zero attached hydrogens (tertiary/aromatic N) is 2. The molecule has 1 N–H and O–H groups in total. The molecular weight excluding hydrogens is 358 g/mol. The van der Waals surface area contributed by atoms with Crippen LogP contribution < -0.4 is 5.32 Å². The van der Waals surface area contributed by atoms with Gasteiger partial charge in [0, 0.05) is 23.9 Å². The molecule has 0 bridgehead atoms. The van der Waals surface area contributed by atoms with E-state index in [1.54, 1.807) is 0 Å². The molecule has 2 saturated carbocycles. The largest absolute Gasteiger partial charge is 0.334 e. The van der Waals surface area contributed by atoms with Gasteiger partial charge in [0.15, 0.2) is 5.82 Å². The molecule has 0 spiro atoms. The predicted octanol–water partition coefficient (Wildman–Crippen LogP) is 4.96. The zero-order chi connectivity index (χ0) is 18.3. The first kappa shape index (κ1) is 17.0. The van der Waals surface area contributed by atoms with Gasteiger partial charge in [-0.05, 0) is 37.0 Å². The van der Waals surface area contributed by atoms with Gasteiger partial charge in [0.25, 0.3) is 5.89 Å². The Labute approximate surface area is 163 Å². The molecule has 4 nitrogen and oxygen atoms in total. The van der Waals surface area contributed by atoms with E-state index in [2.05, 4.69) is 40.8 Å². The van der Waals surface area contributed by atoms with Gasteiger partial charge in [0.2, 0.25) is 0 Å². The second kappa shape index (κ2) is 6.77. The van der Waals surface area contributed by atoms with E-state index in [0.717, 1.165) is 30.8 Å². The normalized spacial score (nSPS) is 23.0. The number of hydrogen-bond donors (Lipinski definition) is 1. The molecule has 2 aliphatic rings. The molecular formula is C22H22ClN3O. The summed E-state index contributed by atoms with van der Waals surface area (Å²) in [6.45, 7) is 0.905. The van der Waals surface area contributed by atoms with Crippen molar-refractivity contribution in [3.05, 3.63) is 71.0 Å². The maximum Gasteiger partial charge on any atom is 0.259 e. The minimum Gasteiger partial charge on any atom is -0.334 e. The van der Waals surface area contributed by atoms with E-state index in [1.165, 1.54) is 18.4 Å². The fourth-order valence-electron chi connectivity index (χ4n) is 4.08. The molecule has 5 rings (SSSR count). The Balaban J connectivity index is 1.29. The molecule has 27 heavy (non-hydrogen) atoms. The van der Waals surface area contributed by atoms with Gasteiger partial charge in [-0.15, -0.1) is 0 Å². The highest BCUT2D eigenvalue weighted by Gasteiger charge is 2.46. The minimum atomic E-state index is -0.00711. The maximum absolute atomic E-state index is 6.28. The van der Waals surface area contributed by atoms with Crippen molar-refractivity contribution in [3.8, 4) is 11.5 Å². The molecule has 0 unspecified atom stereocenters. The van der Waals surface area contributed by atoms with Crippen LogP contribution in [0.5, 0.6) is 0 Å². The van der Waals surface area contributed by atoms with Crippen LogP contribution in [0.25, 0.3) is 11.5 Å². The number of halogens is 1. The van der Waals surface area contributed by atoms with Gasteiger partial charge in [-0.2, -0.15) is 4.98 Å². The summed E-state index contributed by atoms with van der Waals surface area (Å²) < 4.78 is 5.55. The Hall–Kier alpha value is -2.17. The molecule has 0 aliphatic heterocycles. The fourth-order valence-corrected chi connectivity index (χ4v) is 4.30. The molecule has 0 radical (unpaired) electrons. The van der Waals surface area contributed by atoms with Crippen molar-refractivity contribution in [1.82, 2.24) is 15.5 Å². The van der Waals surface area contributed by atoms with Gasteiger partial charge in [-0.3, -0.25) is 0 Å². The van der Waals surface area contributed by atoms with Crippen LogP contribution in [0.4, 0.5) is 0 Å². The molecule has 2 aliphatic carbocycles. The molecule has 5 heteroatoms. The summed E-state index contributed by atoms with van der Waals surface area (Å²) >= 11 is 6.28. The second-order valence-electron chi connectivity index (χ2n) is 7.78. The molecule has 0 amide bonds. The molecule has 0 saturated heterocycles. The van der Waals surface area contributed by atoms with Gasteiger partial charge < -0.3 is 9.84 Å². The Kier molecular flexibility index (Phi) is 4.25. The first-order valence-electron chi connectivity index (χ1n) is 9.63. The summed E-state index contributed by atoms with van der Waals surface area (Å²) in [6, 6.07) is 18.9. The Morgan fingerprint density at radius 1 is 1.07 bits per heavy atom. The SMILES string of the molecule is Clc1ccccc1-c1nc(C2(CN[C@H]3C[C@@H]3c3ccccc3)CCC2)no1. The van der Waals surface area contributed by atoms with Gasteiger partial charge in [0.1, 0.15) is 0 Å². The van der Waals surface area contributed by atoms with Crippen LogP contribution >= 0.6 is 11.6 Å². The average Bonchev–Trinajstić information content (AvgIpc) is 3.28. The highest BCUT2D eigenvalue weighted by atomic mass is 35.5. The van der Waals surface area contributed by atoms with Gasteiger partial charge >= 0.3 is 0 Å². The van der Waals surface area contributed by atoms with E-state index in [4.69, 9.17) is 21.1 Å². The summed E-state index contributed by atoms with van der Waals surface area (Å²) in [5.41, 5.74) is 2.22. The first-order valence-corrected chi connectivity index (χ1v) is 10.0. The van der Waals surface area contributed by atoms with Crippen LogP contribution in [0.15, 0.2) is 59.1 Å². The smallest absolute Gasteiger partial charge is 0.259 e. The maximum atomic E-state index is 6.28. The minimum absolute atomic E-state index is 0.00711. The van der Waals surface area contributed by atoms with Crippen LogP contribution in [-0.4, -0.2) is 22.7 Å². The van der Waals surface area contributed by atoms with Crippen molar-refractivity contribution in [2.75, 3.05) is 6.54 Å². The van der Waals surface area contributed by atoms with Gasteiger partial charge in [-0.25, -0.2) is 0 Å². The third-order valence-corrected chi connectivity index (χ3v) is 6.37. The van der Waals surface area contributed by atoms with E-state index >= 15 is 0 Å². The van der Waals surface area contributed by atoms with E-state index in [1.807, 2.05) is 24.3 Å². The number of rotatable bonds is 6. The van der Waals surface area contributed by atoms with Crippen molar-refractivity contribution in [2.24, 2.45) is 0 Å². The Morgan fingerprint density at radius 2 is 1.85 bits per heavy atom. The fraction of sp³-hybridized carbons (Fsp3) is 0.364. The van der Waals surface area contributed by atoms with Crippen LogP contribution in [0.2, 0.25) is 5.02 Å². The molecule has 3 aromatic rings. The standard InChI is InChI=1S/C22H22ClN3O/c23-18-10-5-4-9-16(18)20-25-21(26-27-20)22(11-6-12-22)14-24-19-13-17(19)15-7-2-1-3-8-15/h1-5,7-10,17,19,24H,6,11-14H2/t17-,19+/m1/s1. The van der Waals surface area contributed by atoms with E-state index in [-0.39, 0.29) is 5.41 Å². The summed E-state index contributed by atoms with van der Waals surface area (Å²) in [4.78, 5) is 4.71. The molecule has 138 valence electrons. The highest BCUT2D eigenvalue weighted by Crippen LogP contribution is 2.45. The van der Waals surface area contributed by atoms with Gasteiger partial charge in [0.05, 0.1) is 10.6 Å². The lowest BCUT2D eigenvalue weighted by atomic mass is 9.68. The van der Waals surface area contributed by atoms with E-state index in [9.17, 15) is 0 Å². The zero-order valence-electron chi connectivity index (χ0n) is 15.1. The third-order valence-electron chi connectivity index (χ3n) is 6.04. The van der Waals surface area contributed by atoms with E-state index < -0.39 is 0 Å². The number of benzene rings is 2. The lowest BCUT2D eigenvalue weighted by molar-refractivity contribution is 0.211. The Morgan fingerprint density at radius 3 is 2.59 bits per heavy atom.